The Morgan fingerprint density at radius 1 is 0.950 bits per heavy atom. The van der Waals surface area contributed by atoms with E-state index in [9.17, 15) is 4.79 Å². The van der Waals surface area contributed by atoms with Gasteiger partial charge in [-0.05, 0) is 24.3 Å². The molecule has 102 valence electrons. The van der Waals surface area contributed by atoms with Crippen molar-refractivity contribution in [2.45, 2.75) is 0 Å². The van der Waals surface area contributed by atoms with E-state index in [1.807, 2.05) is 63.6 Å². The summed E-state index contributed by atoms with van der Waals surface area (Å²) in [6.07, 6.45) is 0. The molecule has 0 aliphatic carbocycles. The van der Waals surface area contributed by atoms with Crippen molar-refractivity contribution < 1.29 is 9.48 Å². The second kappa shape index (κ2) is 4.58. The van der Waals surface area contributed by atoms with Gasteiger partial charge < -0.3 is 4.84 Å². The molecule has 0 amide bonds. The highest BCUT2D eigenvalue weighted by Gasteiger charge is 2.12. The fourth-order valence-corrected chi connectivity index (χ4v) is 3.25. The van der Waals surface area contributed by atoms with Gasteiger partial charge in [0.25, 0.3) is 0 Å². The SMILES string of the molecule is C[N+](C)(C)Oc1ccc2c(=O)c3ccccc3sc2c1. The zero-order valence-electron chi connectivity index (χ0n) is 11.7. The molecule has 0 aliphatic rings. The molecule has 0 aliphatic heterocycles. The van der Waals surface area contributed by atoms with E-state index in [4.69, 9.17) is 4.84 Å². The maximum atomic E-state index is 12.4. The molecule has 3 rings (SSSR count). The lowest BCUT2D eigenvalue weighted by Crippen LogP contribution is -2.38. The fraction of sp³-hybridized carbons (Fsp3) is 0.188. The number of fused-ring (bicyclic) bond motifs is 2. The lowest BCUT2D eigenvalue weighted by Gasteiger charge is -2.22. The maximum absolute atomic E-state index is 12.4. The Morgan fingerprint density at radius 2 is 1.65 bits per heavy atom. The topological polar surface area (TPSA) is 26.3 Å². The van der Waals surface area contributed by atoms with Crippen molar-refractivity contribution in [2.24, 2.45) is 0 Å². The zero-order chi connectivity index (χ0) is 14.3. The average Bonchev–Trinajstić information content (AvgIpc) is 2.37. The van der Waals surface area contributed by atoms with Crippen molar-refractivity contribution in [2.75, 3.05) is 21.1 Å². The largest absolute Gasteiger partial charge is 0.316 e. The summed E-state index contributed by atoms with van der Waals surface area (Å²) in [7, 11) is 5.85. The molecule has 0 saturated carbocycles. The van der Waals surface area contributed by atoms with Crippen LogP contribution in [-0.2, 0) is 0 Å². The summed E-state index contributed by atoms with van der Waals surface area (Å²) in [6, 6.07) is 13.4. The van der Waals surface area contributed by atoms with E-state index in [0.29, 0.717) is 4.65 Å². The van der Waals surface area contributed by atoms with Crippen LogP contribution in [0.5, 0.6) is 5.75 Å². The molecule has 2 aromatic carbocycles. The van der Waals surface area contributed by atoms with Crippen LogP contribution < -0.4 is 10.3 Å². The molecule has 1 heterocycles. The van der Waals surface area contributed by atoms with Crippen LogP contribution in [0.15, 0.2) is 47.3 Å². The molecule has 0 spiro atoms. The molecule has 20 heavy (non-hydrogen) atoms. The van der Waals surface area contributed by atoms with E-state index >= 15 is 0 Å². The molecule has 0 saturated heterocycles. The Balaban J connectivity index is 2.25. The average molecular weight is 286 g/mol. The van der Waals surface area contributed by atoms with E-state index in [1.54, 1.807) is 11.3 Å². The molecule has 4 heteroatoms. The first-order valence-corrected chi connectivity index (χ1v) is 7.22. The van der Waals surface area contributed by atoms with Gasteiger partial charge in [0, 0.05) is 26.2 Å². The predicted molar refractivity (Wildman–Crippen MR) is 84.3 cm³/mol. The first kappa shape index (κ1) is 13.1. The fourth-order valence-electron chi connectivity index (χ4n) is 2.15. The highest BCUT2D eigenvalue weighted by Crippen LogP contribution is 2.28. The van der Waals surface area contributed by atoms with E-state index in [0.717, 1.165) is 25.9 Å². The first-order valence-electron chi connectivity index (χ1n) is 6.41. The van der Waals surface area contributed by atoms with Crippen molar-refractivity contribution in [3.63, 3.8) is 0 Å². The Hall–Kier alpha value is -1.91. The summed E-state index contributed by atoms with van der Waals surface area (Å²) in [6.45, 7) is 0. The highest BCUT2D eigenvalue weighted by atomic mass is 32.1. The smallest absolute Gasteiger partial charge is 0.195 e. The van der Waals surface area contributed by atoms with Crippen molar-refractivity contribution >= 4 is 31.5 Å². The van der Waals surface area contributed by atoms with Crippen LogP contribution in [0.25, 0.3) is 20.2 Å². The molecule has 0 bridgehead atoms. The predicted octanol–water partition coefficient (Wildman–Crippen LogP) is 3.41. The molecule has 0 fully saturated rings. The second-order valence-corrected chi connectivity index (χ2v) is 6.65. The van der Waals surface area contributed by atoms with E-state index in [2.05, 4.69) is 0 Å². The lowest BCUT2D eigenvalue weighted by atomic mass is 10.2. The summed E-state index contributed by atoms with van der Waals surface area (Å²) < 4.78 is 2.35. The molecule has 0 unspecified atom stereocenters. The van der Waals surface area contributed by atoms with Gasteiger partial charge in [-0.3, -0.25) is 4.79 Å². The van der Waals surface area contributed by atoms with Crippen LogP contribution in [0.1, 0.15) is 0 Å². The molecule has 0 N–H and O–H groups in total. The van der Waals surface area contributed by atoms with Crippen molar-refractivity contribution in [3.8, 4) is 5.75 Å². The number of hydroxylamine groups is 3. The van der Waals surface area contributed by atoms with Crippen molar-refractivity contribution in [1.29, 1.82) is 0 Å². The van der Waals surface area contributed by atoms with Gasteiger partial charge in [-0.1, -0.05) is 12.1 Å². The monoisotopic (exact) mass is 286 g/mol. The summed E-state index contributed by atoms with van der Waals surface area (Å²) >= 11 is 1.62. The lowest BCUT2D eigenvalue weighted by molar-refractivity contribution is -1.03. The Labute approximate surface area is 121 Å². The number of quaternary nitrogens is 1. The van der Waals surface area contributed by atoms with Crippen LogP contribution in [0.3, 0.4) is 0 Å². The molecule has 0 radical (unpaired) electrons. The van der Waals surface area contributed by atoms with Gasteiger partial charge in [0.15, 0.2) is 11.2 Å². The van der Waals surface area contributed by atoms with Gasteiger partial charge >= 0.3 is 0 Å². The third-order valence-electron chi connectivity index (χ3n) is 2.93. The summed E-state index contributed by atoms with van der Waals surface area (Å²) in [5.41, 5.74) is 0.0890. The van der Waals surface area contributed by atoms with Crippen LogP contribution in [0.2, 0.25) is 0 Å². The van der Waals surface area contributed by atoms with Crippen LogP contribution >= 0.6 is 11.3 Å². The van der Waals surface area contributed by atoms with Gasteiger partial charge in [-0.2, -0.15) is 0 Å². The van der Waals surface area contributed by atoms with Gasteiger partial charge in [-0.15, -0.1) is 16.0 Å². The van der Waals surface area contributed by atoms with Crippen LogP contribution in [0, 0.1) is 0 Å². The Morgan fingerprint density at radius 3 is 2.40 bits per heavy atom. The number of benzene rings is 2. The van der Waals surface area contributed by atoms with Gasteiger partial charge in [0.1, 0.15) is 21.1 Å². The minimum Gasteiger partial charge on any atom is -0.316 e. The van der Waals surface area contributed by atoms with E-state index < -0.39 is 0 Å². The molecule has 3 aromatic rings. The van der Waals surface area contributed by atoms with E-state index in [1.165, 1.54) is 0 Å². The van der Waals surface area contributed by atoms with Crippen molar-refractivity contribution in [1.82, 2.24) is 0 Å². The third kappa shape index (κ3) is 2.40. The maximum Gasteiger partial charge on any atom is 0.195 e. The summed E-state index contributed by atoms with van der Waals surface area (Å²) in [5, 5.41) is 1.53. The number of hydrogen-bond acceptors (Lipinski definition) is 3. The number of nitrogens with zero attached hydrogens (tertiary/aromatic N) is 1. The normalized spacial score (nSPS) is 11.9. The zero-order valence-corrected chi connectivity index (χ0v) is 12.5. The molecule has 3 nitrogen and oxygen atoms in total. The molecular formula is C16H16NO2S+. The molecule has 1 aromatic heterocycles. The minimum atomic E-state index is 0.0890. The van der Waals surface area contributed by atoms with Gasteiger partial charge in [-0.25, -0.2) is 0 Å². The summed E-state index contributed by atoms with van der Waals surface area (Å²) in [5.74, 6) is 0.774. The van der Waals surface area contributed by atoms with Crippen molar-refractivity contribution in [3.05, 3.63) is 52.7 Å². The number of rotatable bonds is 2. The van der Waals surface area contributed by atoms with Crippen LogP contribution in [-0.4, -0.2) is 25.8 Å². The van der Waals surface area contributed by atoms with Crippen LogP contribution in [0.4, 0.5) is 0 Å². The van der Waals surface area contributed by atoms with E-state index in [-0.39, 0.29) is 5.43 Å². The second-order valence-electron chi connectivity index (χ2n) is 5.57. The van der Waals surface area contributed by atoms with Gasteiger partial charge in [0.2, 0.25) is 0 Å². The highest BCUT2D eigenvalue weighted by molar-refractivity contribution is 7.24. The standard InChI is InChI=1S/C16H16NO2S/c1-17(2,3)19-11-8-9-13-15(10-11)20-14-7-5-4-6-12(14)16(13)18/h4-10H,1-3H3/q+1. The van der Waals surface area contributed by atoms with Gasteiger partial charge in [0.05, 0.1) is 0 Å². The molecule has 0 atom stereocenters. The summed E-state index contributed by atoms with van der Waals surface area (Å²) in [4.78, 5) is 18.3. The molecular weight excluding hydrogens is 270 g/mol. The Bertz CT molecular complexity index is 846. The number of hydrogen-bond donors (Lipinski definition) is 0. The quantitative estimate of drug-likeness (QED) is 0.410. The first-order chi connectivity index (χ1) is 9.44. The third-order valence-corrected chi connectivity index (χ3v) is 4.06. The minimum absolute atomic E-state index is 0.0890. The Kier molecular flexibility index (Phi) is 3.00.